The first-order valence-electron chi connectivity index (χ1n) is 9.15. The maximum Gasteiger partial charge on any atom is 0.275 e. The van der Waals surface area contributed by atoms with E-state index < -0.39 is 0 Å². The highest BCUT2D eigenvalue weighted by Crippen LogP contribution is 2.16. The zero-order valence-electron chi connectivity index (χ0n) is 15.3. The van der Waals surface area contributed by atoms with Crippen LogP contribution in [0.2, 0.25) is 0 Å². The summed E-state index contributed by atoms with van der Waals surface area (Å²) in [6.45, 7) is 3.36. The second-order valence-corrected chi connectivity index (χ2v) is 6.94. The number of carbonyl (C=O) groups excluding carboxylic acids is 1. The van der Waals surface area contributed by atoms with Crippen molar-refractivity contribution < 1.29 is 4.79 Å². The first kappa shape index (κ1) is 17.4. The molecule has 1 fully saturated rings. The third-order valence-electron chi connectivity index (χ3n) is 5.04. The number of likely N-dealkylation sites (N-methyl/N-ethyl adjacent to an activating group) is 1. The van der Waals surface area contributed by atoms with Crippen LogP contribution in [0.5, 0.6) is 0 Å². The minimum Gasteiger partial charge on any atom is -0.335 e. The molecule has 0 saturated carbocycles. The van der Waals surface area contributed by atoms with Gasteiger partial charge in [-0.3, -0.25) is 9.59 Å². The van der Waals surface area contributed by atoms with Crippen molar-refractivity contribution >= 4 is 16.7 Å². The molecule has 2 aromatic carbocycles. The molecule has 0 spiro atoms. The number of aromatic nitrogens is 2. The Balaban J connectivity index is 1.78. The largest absolute Gasteiger partial charge is 0.335 e. The molecule has 1 aliphatic rings. The highest BCUT2D eigenvalue weighted by atomic mass is 16.2. The zero-order valence-corrected chi connectivity index (χ0v) is 15.3. The van der Waals surface area contributed by atoms with Gasteiger partial charge in [-0.05, 0) is 18.7 Å². The number of carbonyl (C=O) groups is 1. The van der Waals surface area contributed by atoms with Crippen molar-refractivity contribution in [3.8, 4) is 0 Å². The lowest BCUT2D eigenvalue weighted by Crippen LogP contribution is -2.47. The lowest BCUT2D eigenvalue weighted by molar-refractivity contribution is 0.0658. The van der Waals surface area contributed by atoms with Crippen LogP contribution in [0.25, 0.3) is 10.8 Å². The van der Waals surface area contributed by atoms with Crippen molar-refractivity contribution in [2.24, 2.45) is 0 Å². The minimum atomic E-state index is -0.176. The van der Waals surface area contributed by atoms with Crippen LogP contribution in [0.15, 0.2) is 59.4 Å². The number of rotatable bonds is 3. The predicted molar refractivity (Wildman–Crippen MR) is 105 cm³/mol. The maximum atomic E-state index is 13.2. The van der Waals surface area contributed by atoms with Gasteiger partial charge >= 0.3 is 0 Å². The fourth-order valence-corrected chi connectivity index (χ4v) is 3.42. The van der Waals surface area contributed by atoms with E-state index in [4.69, 9.17) is 0 Å². The number of benzene rings is 2. The van der Waals surface area contributed by atoms with E-state index in [1.807, 2.05) is 47.4 Å². The van der Waals surface area contributed by atoms with Crippen LogP contribution in [-0.4, -0.2) is 58.7 Å². The molecule has 27 heavy (non-hydrogen) atoms. The van der Waals surface area contributed by atoms with Gasteiger partial charge in [0.1, 0.15) is 0 Å². The second-order valence-electron chi connectivity index (χ2n) is 6.94. The molecule has 1 aliphatic heterocycles. The monoisotopic (exact) mass is 362 g/mol. The van der Waals surface area contributed by atoms with Crippen LogP contribution in [0.1, 0.15) is 16.1 Å². The molecular formula is C21H22N4O2. The molecule has 6 nitrogen and oxygen atoms in total. The Hall–Kier alpha value is -2.99. The Bertz CT molecular complexity index is 1020. The Morgan fingerprint density at radius 2 is 1.56 bits per heavy atom. The quantitative estimate of drug-likeness (QED) is 0.713. The molecule has 0 N–H and O–H groups in total. The molecule has 1 aromatic heterocycles. The van der Waals surface area contributed by atoms with Crippen molar-refractivity contribution in [1.29, 1.82) is 0 Å². The summed E-state index contributed by atoms with van der Waals surface area (Å²) < 4.78 is 1.40. The molecule has 4 rings (SSSR count). The van der Waals surface area contributed by atoms with E-state index in [1.54, 1.807) is 12.1 Å². The Morgan fingerprint density at radius 3 is 2.26 bits per heavy atom. The second kappa shape index (κ2) is 7.32. The summed E-state index contributed by atoms with van der Waals surface area (Å²) in [6.07, 6.45) is 0. The summed E-state index contributed by atoms with van der Waals surface area (Å²) in [6, 6.07) is 16.9. The Kier molecular flexibility index (Phi) is 4.73. The molecular weight excluding hydrogens is 340 g/mol. The Morgan fingerprint density at radius 1 is 0.926 bits per heavy atom. The lowest BCUT2D eigenvalue weighted by Gasteiger charge is -2.32. The van der Waals surface area contributed by atoms with E-state index in [2.05, 4.69) is 17.0 Å². The van der Waals surface area contributed by atoms with Crippen molar-refractivity contribution in [1.82, 2.24) is 19.6 Å². The van der Waals surface area contributed by atoms with Crippen LogP contribution in [-0.2, 0) is 6.54 Å². The van der Waals surface area contributed by atoms with Crippen LogP contribution in [0.4, 0.5) is 0 Å². The molecule has 138 valence electrons. The lowest BCUT2D eigenvalue weighted by atomic mass is 10.1. The first-order valence-corrected chi connectivity index (χ1v) is 9.15. The molecule has 2 heterocycles. The van der Waals surface area contributed by atoms with Crippen molar-refractivity contribution in [2.75, 3.05) is 33.2 Å². The summed E-state index contributed by atoms with van der Waals surface area (Å²) in [7, 11) is 2.05. The number of nitrogens with zero attached hydrogens (tertiary/aromatic N) is 4. The SMILES string of the molecule is CN1CCN(C(=O)c2nn(Cc3ccccc3)c(=O)c3ccccc23)CC1. The first-order chi connectivity index (χ1) is 13.1. The third-order valence-corrected chi connectivity index (χ3v) is 5.04. The highest BCUT2D eigenvalue weighted by Gasteiger charge is 2.24. The van der Waals surface area contributed by atoms with Gasteiger partial charge in [-0.2, -0.15) is 5.10 Å². The van der Waals surface area contributed by atoms with E-state index in [0.29, 0.717) is 36.1 Å². The van der Waals surface area contributed by atoms with Gasteiger partial charge in [-0.25, -0.2) is 4.68 Å². The number of hydrogen-bond donors (Lipinski definition) is 0. The topological polar surface area (TPSA) is 58.4 Å². The average molecular weight is 362 g/mol. The van der Waals surface area contributed by atoms with Gasteiger partial charge in [0.05, 0.1) is 11.9 Å². The highest BCUT2D eigenvalue weighted by molar-refractivity contribution is 6.04. The van der Waals surface area contributed by atoms with Gasteiger partial charge in [0.15, 0.2) is 5.69 Å². The third kappa shape index (κ3) is 3.48. The van der Waals surface area contributed by atoms with E-state index in [1.165, 1.54) is 4.68 Å². The molecule has 0 unspecified atom stereocenters. The molecule has 6 heteroatoms. The summed E-state index contributed by atoms with van der Waals surface area (Å²) in [4.78, 5) is 30.1. The van der Waals surface area contributed by atoms with E-state index in [-0.39, 0.29) is 11.5 Å². The van der Waals surface area contributed by atoms with Gasteiger partial charge in [-0.1, -0.05) is 48.5 Å². The average Bonchev–Trinajstić information content (AvgIpc) is 2.71. The molecule has 0 bridgehead atoms. The standard InChI is InChI=1S/C21H22N4O2/c1-23-11-13-24(14-12-23)21(27)19-17-9-5-6-10-18(17)20(26)25(22-19)15-16-7-3-2-4-8-16/h2-10H,11-15H2,1H3. The van der Waals surface area contributed by atoms with E-state index >= 15 is 0 Å². The number of hydrogen-bond acceptors (Lipinski definition) is 4. The van der Waals surface area contributed by atoms with Crippen molar-refractivity contribution in [3.63, 3.8) is 0 Å². The van der Waals surface area contributed by atoms with Gasteiger partial charge in [0, 0.05) is 31.6 Å². The van der Waals surface area contributed by atoms with Gasteiger partial charge in [0.2, 0.25) is 0 Å². The van der Waals surface area contributed by atoms with Crippen LogP contribution in [0.3, 0.4) is 0 Å². The Labute approximate surface area is 157 Å². The molecule has 3 aromatic rings. The maximum absolute atomic E-state index is 13.2. The van der Waals surface area contributed by atoms with Gasteiger partial charge in [0.25, 0.3) is 11.5 Å². The van der Waals surface area contributed by atoms with E-state index in [0.717, 1.165) is 18.7 Å². The zero-order chi connectivity index (χ0) is 18.8. The molecule has 0 atom stereocenters. The summed E-state index contributed by atoms with van der Waals surface area (Å²) in [5.41, 5.74) is 1.15. The number of fused-ring (bicyclic) bond motifs is 1. The smallest absolute Gasteiger partial charge is 0.275 e. The molecule has 1 saturated heterocycles. The number of amides is 1. The fourth-order valence-electron chi connectivity index (χ4n) is 3.42. The summed E-state index contributed by atoms with van der Waals surface area (Å²) >= 11 is 0. The fraction of sp³-hybridized carbons (Fsp3) is 0.286. The minimum absolute atomic E-state index is 0.110. The van der Waals surface area contributed by atoms with Crippen LogP contribution < -0.4 is 5.56 Å². The van der Waals surface area contributed by atoms with Crippen molar-refractivity contribution in [2.45, 2.75) is 6.54 Å². The van der Waals surface area contributed by atoms with Crippen LogP contribution >= 0.6 is 0 Å². The molecule has 1 amide bonds. The summed E-state index contributed by atoms with van der Waals surface area (Å²) in [5, 5.41) is 5.64. The van der Waals surface area contributed by atoms with Crippen LogP contribution in [0, 0.1) is 0 Å². The van der Waals surface area contributed by atoms with Gasteiger partial charge in [-0.15, -0.1) is 0 Å². The van der Waals surface area contributed by atoms with Crippen molar-refractivity contribution in [3.05, 3.63) is 76.2 Å². The van der Waals surface area contributed by atoms with E-state index in [9.17, 15) is 9.59 Å². The molecule has 0 aliphatic carbocycles. The predicted octanol–water partition coefficient (Wildman–Crippen LogP) is 1.83. The van der Waals surface area contributed by atoms with Gasteiger partial charge < -0.3 is 9.80 Å². The normalized spacial score (nSPS) is 15.2. The number of piperazine rings is 1. The molecule has 0 radical (unpaired) electrons. The summed E-state index contributed by atoms with van der Waals surface area (Å²) in [5.74, 6) is -0.110.